The van der Waals surface area contributed by atoms with Crippen LogP contribution in [-0.2, 0) is 9.59 Å². The van der Waals surface area contributed by atoms with Gasteiger partial charge in [-0.15, -0.1) is 0 Å². The fraction of sp³-hybridized carbons (Fsp3) is 0.846. The van der Waals surface area contributed by atoms with Gasteiger partial charge in [0.2, 0.25) is 11.8 Å². The minimum Gasteiger partial charge on any atom is -0.345 e. The molecule has 1 unspecified atom stereocenters. The predicted octanol–water partition coefficient (Wildman–Crippen LogP) is 1.41. The monoisotopic (exact) mass is 240 g/mol. The average Bonchev–Trinajstić information content (AvgIpc) is 2.23. The van der Waals surface area contributed by atoms with E-state index in [0.717, 1.165) is 0 Å². The number of nitrogens with one attached hydrogen (secondary N) is 1. The minimum atomic E-state index is -0.297. The molecular formula is C13H24N2O2. The molecule has 1 atom stereocenters. The molecular weight excluding hydrogens is 216 g/mol. The first-order valence-electron chi connectivity index (χ1n) is 6.36. The van der Waals surface area contributed by atoms with Crippen molar-refractivity contribution >= 4 is 11.8 Å². The average molecular weight is 240 g/mol. The van der Waals surface area contributed by atoms with Crippen LogP contribution < -0.4 is 5.32 Å². The van der Waals surface area contributed by atoms with Gasteiger partial charge < -0.3 is 10.2 Å². The lowest BCUT2D eigenvalue weighted by molar-refractivity contribution is -0.147. The van der Waals surface area contributed by atoms with Crippen molar-refractivity contribution in [3.63, 3.8) is 0 Å². The van der Waals surface area contributed by atoms with E-state index in [1.165, 1.54) is 0 Å². The lowest BCUT2D eigenvalue weighted by Gasteiger charge is -2.41. The van der Waals surface area contributed by atoms with E-state index < -0.39 is 0 Å². The standard InChI is InChI=1S/C13H24N2O2/c1-6-10-12(17)14-7-11(16)15(10)8-13(4,5)9(2)3/h9-10H,6-8H2,1-5H3,(H,14,17). The molecule has 1 fully saturated rings. The molecule has 1 rings (SSSR count). The van der Waals surface area contributed by atoms with Gasteiger partial charge in [0.05, 0.1) is 6.54 Å². The summed E-state index contributed by atoms with van der Waals surface area (Å²) in [6.45, 7) is 11.3. The third-order valence-electron chi connectivity index (χ3n) is 3.94. The van der Waals surface area contributed by atoms with Gasteiger partial charge in [0.1, 0.15) is 6.04 Å². The molecule has 0 spiro atoms. The lowest BCUT2D eigenvalue weighted by Crippen LogP contribution is -2.60. The Morgan fingerprint density at radius 2 is 2.00 bits per heavy atom. The fourth-order valence-electron chi connectivity index (χ4n) is 1.92. The summed E-state index contributed by atoms with van der Waals surface area (Å²) in [4.78, 5) is 25.4. The number of nitrogens with zero attached hydrogens (tertiary/aromatic N) is 1. The van der Waals surface area contributed by atoms with Crippen LogP contribution in [0, 0.1) is 11.3 Å². The summed E-state index contributed by atoms with van der Waals surface area (Å²) in [5.41, 5.74) is 0.0285. The molecule has 98 valence electrons. The second kappa shape index (κ2) is 5.07. The van der Waals surface area contributed by atoms with E-state index in [-0.39, 0.29) is 29.8 Å². The number of carbonyl (C=O) groups excluding carboxylic acids is 2. The second-order valence-electron chi connectivity index (χ2n) is 5.81. The molecule has 0 saturated carbocycles. The van der Waals surface area contributed by atoms with Gasteiger partial charge in [-0.3, -0.25) is 9.59 Å². The maximum absolute atomic E-state index is 11.9. The van der Waals surface area contributed by atoms with Crippen LogP contribution in [-0.4, -0.2) is 35.8 Å². The Bertz CT molecular complexity index is 311. The van der Waals surface area contributed by atoms with Crippen molar-refractivity contribution in [2.45, 2.75) is 47.1 Å². The summed E-state index contributed by atoms with van der Waals surface area (Å²) in [5.74, 6) is 0.481. The molecule has 0 bridgehead atoms. The minimum absolute atomic E-state index is 0.0216. The van der Waals surface area contributed by atoms with Crippen LogP contribution >= 0.6 is 0 Å². The molecule has 0 aliphatic carbocycles. The normalized spacial score (nSPS) is 22.0. The summed E-state index contributed by atoms with van der Waals surface area (Å²) >= 11 is 0. The maximum Gasteiger partial charge on any atom is 0.243 e. The summed E-state index contributed by atoms with van der Waals surface area (Å²) in [6, 6.07) is -0.297. The van der Waals surface area contributed by atoms with Crippen molar-refractivity contribution in [3.05, 3.63) is 0 Å². The molecule has 0 radical (unpaired) electrons. The van der Waals surface area contributed by atoms with E-state index in [2.05, 4.69) is 33.0 Å². The number of amides is 2. The van der Waals surface area contributed by atoms with Crippen LogP contribution in [0.3, 0.4) is 0 Å². The SMILES string of the molecule is CCC1C(=O)NCC(=O)N1CC(C)(C)C(C)C. The van der Waals surface area contributed by atoms with Crippen molar-refractivity contribution < 1.29 is 9.59 Å². The molecule has 1 aliphatic heterocycles. The molecule has 4 heteroatoms. The smallest absolute Gasteiger partial charge is 0.243 e. The highest BCUT2D eigenvalue weighted by Crippen LogP contribution is 2.28. The number of piperazine rings is 1. The second-order valence-corrected chi connectivity index (χ2v) is 5.81. The van der Waals surface area contributed by atoms with Gasteiger partial charge in [-0.1, -0.05) is 34.6 Å². The summed E-state index contributed by atoms with van der Waals surface area (Å²) in [6.07, 6.45) is 0.672. The van der Waals surface area contributed by atoms with E-state index in [4.69, 9.17) is 0 Å². The van der Waals surface area contributed by atoms with Gasteiger partial charge in [0.15, 0.2) is 0 Å². The van der Waals surface area contributed by atoms with Gasteiger partial charge in [-0.05, 0) is 17.8 Å². The number of hydrogen-bond acceptors (Lipinski definition) is 2. The van der Waals surface area contributed by atoms with E-state index in [0.29, 0.717) is 18.9 Å². The van der Waals surface area contributed by atoms with Crippen LogP contribution in [0.2, 0.25) is 0 Å². The van der Waals surface area contributed by atoms with Crippen molar-refractivity contribution in [3.8, 4) is 0 Å². The summed E-state index contributed by atoms with van der Waals surface area (Å²) < 4.78 is 0. The van der Waals surface area contributed by atoms with Gasteiger partial charge in [-0.25, -0.2) is 0 Å². The summed E-state index contributed by atoms with van der Waals surface area (Å²) in [7, 11) is 0. The predicted molar refractivity (Wildman–Crippen MR) is 67.4 cm³/mol. The van der Waals surface area contributed by atoms with E-state index >= 15 is 0 Å². The zero-order valence-corrected chi connectivity index (χ0v) is 11.5. The molecule has 4 nitrogen and oxygen atoms in total. The number of hydrogen-bond donors (Lipinski definition) is 1. The largest absolute Gasteiger partial charge is 0.345 e. The topological polar surface area (TPSA) is 49.4 Å². The quantitative estimate of drug-likeness (QED) is 0.807. The molecule has 0 aromatic carbocycles. The highest BCUT2D eigenvalue weighted by molar-refractivity contribution is 5.94. The molecule has 17 heavy (non-hydrogen) atoms. The molecule has 0 aromatic heterocycles. The molecule has 1 saturated heterocycles. The van der Waals surface area contributed by atoms with Crippen molar-refractivity contribution in [1.82, 2.24) is 10.2 Å². The first kappa shape index (κ1) is 14.0. The van der Waals surface area contributed by atoms with Crippen LogP contribution in [0.1, 0.15) is 41.0 Å². The Morgan fingerprint density at radius 1 is 1.41 bits per heavy atom. The number of carbonyl (C=O) groups is 2. The van der Waals surface area contributed by atoms with E-state index in [9.17, 15) is 9.59 Å². The molecule has 1 N–H and O–H groups in total. The van der Waals surface area contributed by atoms with Crippen LogP contribution in [0.25, 0.3) is 0 Å². The van der Waals surface area contributed by atoms with Crippen LogP contribution in [0.15, 0.2) is 0 Å². The van der Waals surface area contributed by atoms with Crippen molar-refractivity contribution in [2.75, 3.05) is 13.1 Å². The zero-order chi connectivity index (χ0) is 13.2. The highest BCUT2D eigenvalue weighted by atomic mass is 16.2. The highest BCUT2D eigenvalue weighted by Gasteiger charge is 2.37. The Balaban J connectivity index is 2.85. The maximum atomic E-state index is 11.9. The fourth-order valence-corrected chi connectivity index (χ4v) is 1.92. The molecule has 1 heterocycles. The Labute approximate surface area is 104 Å². The van der Waals surface area contributed by atoms with Crippen molar-refractivity contribution in [1.29, 1.82) is 0 Å². The van der Waals surface area contributed by atoms with E-state index in [1.54, 1.807) is 4.90 Å². The molecule has 0 aromatic rings. The third-order valence-corrected chi connectivity index (χ3v) is 3.94. The van der Waals surface area contributed by atoms with Crippen LogP contribution in [0.4, 0.5) is 0 Å². The van der Waals surface area contributed by atoms with Gasteiger partial charge >= 0.3 is 0 Å². The lowest BCUT2D eigenvalue weighted by atomic mass is 9.80. The molecule has 1 aliphatic rings. The Kier molecular flexibility index (Phi) is 4.17. The first-order valence-corrected chi connectivity index (χ1v) is 6.36. The number of rotatable bonds is 4. The van der Waals surface area contributed by atoms with Gasteiger partial charge in [0.25, 0.3) is 0 Å². The van der Waals surface area contributed by atoms with E-state index in [1.807, 2.05) is 6.92 Å². The summed E-state index contributed by atoms with van der Waals surface area (Å²) in [5, 5.41) is 2.65. The molecule has 2 amide bonds. The van der Waals surface area contributed by atoms with Crippen molar-refractivity contribution in [2.24, 2.45) is 11.3 Å². The third kappa shape index (κ3) is 2.99. The first-order chi connectivity index (χ1) is 7.79. The zero-order valence-electron chi connectivity index (χ0n) is 11.5. The Hall–Kier alpha value is -1.06. The van der Waals surface area contributed by atoms with Crippen LogP contribution in [0.5, 0.6) is 0 Å². The van der Waals surface area contributed by atoms with Gasteiger partial charge in [-0.2, -0.15) is 0 Å². The Morgan fingerprint density at radius 3 is 2.47 bits per heavy atom. The van der Waals surface area contributed by atoms with Gasteiger partial charge in [0, 0.05) is 6.54 Å².